The number of nitrogens with zero attached hydrogens (tertiary/aromatic N) is 4. The van der Waals surface area contributed by atoms with Crippen molar-refractivity contribution >= 4 is 52.2 Å². The van der Waals surface area contributed by atoms with Gasteiger partial charge in [-0.15, -0.1) is 11.3 Å². The molecule has 2 saturated heterocycles. The van der Waals surface area contributed by atoms with Crippen molar-refractivity contribution in [3.8, 4) is 21.6 Å². The molecule has 7 rings (SSSR count). The fourth-order valence-electron chi connectivity index (χ4n) is 8.55. The molecule has 6 N–H and O–H groups in total. The van der Waals surface area contributed by atoms with Crippen molar-refractivity contribution in [2.24, 2.45) is 5.41 Å². The fraction of sp³-hybridized carbons (Fsp3) is 0.380. The highest BCUT2D eigenvalue weighted by molar-refractivity contribution is 7.13. The van der Waals surface area contributed by atoms with E-state index in [-0.39, 0.29) is 24.2 Å². The van der Waals surface area contributed by atoms with E-state index in [0.717, 1.165) is 27.9 Å². The molecule has 0 aliphatic carbocycles. The minimum Gasteiger partial charge on any atom is -0.391 e. The summed E-state index contributed by atoms with van der Waals surface area (Å²) in [4.78, 5) is 93.3. The van der Waals surface area contributed by atoms with Gasteiger partial charge in [-0.1, -0.05) is 63.2 Å². The number of amides is 5. The SMILES string of the molecule is Cc1ncsc1-c1ccc(C(C)NC(=O)C2CC(O)CN2C(=O)C(NC(=O)CNC(=O)c2cccc(-c3ccc(N4CCN(C)CC4)c(NC(=O)c4c[nH]c(=O)cc4C(F)(F)F)c3)c2)C(C)(C)C)cc1. The van der Waals surface area contributed by atoms with Gasteiger partial charge in [0.1, 0.15) is 12.1 Å². The smallest absolute Gasteiger partial charge is 0.391 e. The van der Waals surface area contributed by atoms with E-state index in [0.29, 0.717) is 49.1 Å². The van der Waals surface area contributed by atoms with E-state index >= 15 is 0 Å². The molecule has 4 heterocycles. The Morgan fingerprint density at radius 3 is 2.24 bits per heavy atom. The molecule has 20 heteroatoms. The van der Waals surface area contributed by atoms with Gasteiger partial charge in [0.05, 0.1) is 57.3 Å². The molecular weight excluding hydrogens is 928 g/mol. The quantitative estimate of drug-likeness (QED) is 0.0861. The number of piperazine rings is 1. The zero-order chi connectivity index (χ0) is 50.7. The topological polar surface area (TPSA) is 209 Å². The second kappa shape index (κ2) is 21.0. The van der Waals surface area contributed by atoms with Crippen molar-refractivity contribution in [2.45, 2.75) is 71.4 Å². The number of hydrogen-bond donors (Lipinski definition) is 6. The summed E-state index contributed by atoms with van der Waals surface area (Å²) in [5.41, 5.74) is 2.48. The van der Waals surface area contributed by atoms with Gasteiger partial charge in [0.25, 0.3) is 11.8 Å². The minimum absolute atomic E-state index is 0.00370. The van der Waals surface area contributed by atoms with E-state index in [1.807, 2.05) is 50.1 Å². The van der Waals surface area contributed by atoms with Crippen LogP contribution < -0.4 is 31.7 Å². The third-order valence-electron chi connectivity index (χ3n) is 12.5. The Labute approximate surface area is 406 Å². The number of likely N-dealkylation sites (tertiary alicyclic amines) is 1. The summed E-state index contributed by atoms with van der Waals surface area (Å²) in [5, 5.41) is 21.6. The summed E-state index contributed by atoms with van der Waals surface area (Å²) in [6, 6.07) is 17.0. The van der Waals surface area contributed by atoms with Crippen LogP contribution in [0.3, 0.4) is 0 Å². The number of carbonyl (C=O) groups is 5. The van der Waals surface area contributed by atoms with Gasteiger partial charge in [0.15, 0.2) is 0 Å². The number of aliphatic hydroxyl groups excluding tert-OH is 1. The third-order valence-corrected chi connectivity index (χ3v) is 13.5. The standard InChI is InChI=1S/C50H56F3N9O7S/c1-28(30-10-12-31(13-11-30)43-29(2)56-27-70-43)57-47(68)40-22-35(63)26-62(40)48(69)44(49(3,4)5)59-42(65)25-55-45(66)34-9-7-8-32(20-34)33-14-15-39(61-18-16-60(6)17-19-61)38(21-33)58-46(67)36-24-54-41(64)23-37(36)50(51,52)53/h7-15,20-21,23-24,27-28,35,40,44,63H,16-19,22,25-26H2,1-6H3,(H,54,64)(H,55,66)(H,57,68)(H,58,67)(H,59,65). The van der Waals surface area contributed by atoms with E-state index in [1.54, 1.807) is 62.7 Å². The van der Waals surface area contributed by atoms with Crippen LogP contribution in [-0.2, 0) is 20.6 Å². The molecule has 16 nitrogen and oxygen atoms in total. The molecule has 2 aliphatic rings. The van der Waals surface area contributed by atoms with Gasteiger partial charge in [0, 0.05) is 57.0 Å². The number of hydrogen-bond acceptors (Lipinski definition) is 11. The van der Waals surface area contributed by atoms with Gasteiger partial charge < -0.3 is 46.1 Å². The van der Waals surface area contributed by atoms with Gasteiger partial charge in [0.2, 0.25) is 23.3 Å². The maximum Gasteiger partial charge on any atom is 0.417 e. The second-order valence-corrected chi connectivity index (χ2v) is 19.6. The number of aliphatic hydroxyl groups is 1. The van der Waals surface area contributed by atoms with Crippen molar-refractivity contribution in [3.05, 3.63) is 123 Å². The van der Waals surface area contributed by atoms with Crippen LogP contribution in [0.15, 0.2) is 89.3 Å². The number of H-pyrrole nitrogens is 1. The number of aryl methyl sites for hydroxylation is 1. The van der Waals surface area contributed by atoms with Crippen molar-refractivity contribution in [1.82, 2.24) is 35.7 Å². The fourth-order valence-corrected chi connectivity index (χ4v) is 9.36. The Balaban J connectivity index is 1.02. The number of β-amino-alcohol motifs (C(OH)–C–C–N with tert-alkyl or cyclic N) is 1. The van der Waals surface area contributed by atoms with E-state index in [9.17, 15) is 47.0 Å². The molecule has 2 fully saturated rings. The first-order chi connectivity index (χ1) is 33.1. The van der Waals surface area contributed by atoms with Crippen LogP contribution in [0.2, 0.25) is 0 Å². The molecule has 2 aliphatic heterocycles. The number of nitrogens with one attached hydrogen (secondary N) is 5. The number of halogens is 3. The highest BCUT2D eigenvalue weighted by Crippen LogP contribution is 2.36. The largest absolute Gasteiger partial charge is 0.417 e. The number of aromatic amines is 1. The van der Waals surface area contributed by atoms with E-state index < -0.39 is 88.6 Å². The highest BCUT2D eigenvalue weighted by atomic mass is 32.1. The molecule has 4 atom stereocenters. The number of likely N-dealkylation sites (N-methyl/N-ethyl adjacent to an activating group) is 1. The second-order valence-electron chi connectivity index (χ2n) is 18.7. The molecule has 370 valence electrons. The molecular formula is C50H56F3N9O7S. The molecule has 3 aromatic carbocycles. The number of thiazole rings is 1. The molecule has 0 saturated carbocycles. The summed E-state index contributed by atoms with van der Waals surface area (Å²) in [7, 11) is 1.96. The summed E-state index contributed by atoms with van der Waals surface area (Å²) < 4.78 is 41.8. The number of rotatable bonds is 13. The van der Waals surface area contributed by atoms with Crippen LogP contribution >= 0.6 is 11.3 Å². The molecule has 5 aromatic rings. The number of alkyl halides is 3. The highest BCUT2D eigenvalue weighted by Gasteiger charge is 2.45. The molecule has 0 radical (unpaired) electrons. The lowest BCUT2D eigenvalue weighted by Gasteiger charge is -2.35. The Morgan fingerprint density at radius 2 is 1.59 bits per heavy atom. The van der Waals surface area contributed by atoms with Crippen molar-refractivity contribution in [2.75, 3.05) is 56.5 Å². The zero-order valence-electron chi connectivity index (χ0n) is 39.6. The molecule has 0 bridgehead atoms. The van der Waals surface area contributed by atoms with Crippen LogP contribution in [0.25, 0.3) is 21.6 Å². The lowest BCUT2D eigenvalue weighted by Crippen LogP contribution is -2.58. The van der Waals surface area contributed by atoms with Crippen molar-refractivity contribution < 1.29 is 42.3 Å². The van der Waals surface area contributed by atoms with Gasteiger partial charge >= 0.3 is 6.18 Å². The van der Waals surface area contributed by atoms with Crippen LogP contribution in [0.1, 0.15) is 77.7 Å². The average Bonchev–Trinajstić information content (AvgIpc) is 3.94. The maximum atomic E-state index is 14.2. The van der Waals surface area contributed by atoms with Crippen LogP contribution in [-0.4, -0.2) is 119 Å². The Bertz CT molecular complexity index is 2820. The molecule has 4 unspecified atom stereocenters. The number of anilines is 2. The average molecular weight is 984 g/mol. The van der Waals surface area contributed by atoms with Gasteiger partial charge in [-0.2, -0.15) is 13.2 Å². The predicted octanol–water partition coefficient (Wildman–Crippen LogP) is 5.60. The Hall–Kier alpha value is -6.90. The first-order valence-corrected chi connectivity index (χ1v) is 23.6. The number of benzene rings is 3. The number of pyridine rings is 1. The van der Waals surface area contributed by atoms with Crippen molar-refractivity contribution in [1.29, 1.82) is 0 Å². The van der Waals surface area contributed by atoms with Crippen LogP contribution in [0.5, 0.6) is 0 Å². The third kappa shape index (κ3) is 11.9. The normalized spacial score (nSPS) is 17.4. The maximum absolute atomic E-state index is 14.2. The van der Waals surface area contributed by atoms with E-state index in [1.165, 1.54) is 22.3 Å². The van der Waals surface area contributed by atoms with Gasteiger partial charge in [-0.25, -0.2) is 4.98 Å². The summed E-state index contributed by atoms with van der Waals surface area (Å²) in [5.74, 6) is -3.42. The summed E-state index contributed by atoms with van der Waals surface area (Å²) in [6.45, 7) is 10.9. The molecule has 70 heavy (non-hydrogen) atoms. The molecule has 0 spiro atoms. The number of carbonyl (C=O) groups excluding carboxylic acids is 5. The van der Waals surface area contributed by atoms with Gasteiger partial charge in [-0.05, 0) is 72.8 Å². The van der Waals surface area contributed by atoms with E-state index in [2.05, 4.69) is 36.1 Å². The summed E-state index contributed by atoms with van der Waals surface area (Å²) in [6.07, 6.45) is -5.22. The first kappa shape index (κ1) is 51.0. The lowest BCUT2D eigenvalue weighted by molar-refractivity contribution is -0.144. The number of aromatic nitrogens is 2. The van der Waals surface area contributed by atoms with Crippen LogP contribution in [0, 0.1) is 12.3 Å². The lowest BCUT2D eigenvalue weighted by atomic mass is 9.85. The summed E-state index contributed by atoms with van der Waals surface area (Å²) >= 11 is 1.54. The molecule has 2 aromatic heterocycles. The van der Waals surface area contributed by atoms with Gasteiger partial charge in [-0.3, -0.25) is 28.8 Å². The monoisotopic (exact) mass is 983 g/mol. The predicted molar refractivity (Wildman–Crippen MR) is 260 cm³/mol. The van der Waals surface area contributed by atoms with Crippen molar-refractivity contribution in [3.63, 3.8) is 0 Å². The van der Waals surface area contributed by atoms with E-state index in [4.69, 9.17) is 0 Å². The minimum atomic E-state index is -4.98. The Kier molecular flexibility index (Phi) is 15.3. The first-order valence-electron chi connectivity index (χ1n) is 22.7. The van der Waals surface area contributed by atoms with Crippen LogP contribution in [0.4, 0.5) is 24.5 Å². The zero-order valence-corrected chi connectivity index (χ0v) is 40.4. The Morgan fingerprint density at radius 1 is 0.900 bits per heavy atom. The molecule has 5 amide bonds.